The van der Waals surface area contributed by atoms with Gasteiger partial charge in [0.1, 0.15) is 18.9 Å². The van der Waals surface area contributed by atoms with E-state index < -0.39 is 7.29 Å². The van der Waals surface area contributed by atoms with Crippen LogP contribution in [0.15, 0.2) is 54.6 Å². The molecule has 28 heavy (non-hydrogen) atoms. The summed E-state index contributed by atoms with van der Waals surface area (Å²) in [6, 6.07) is 18.0. The molecule has 2 aromatic carbocycles. The van der Waals surface area contributed by atoms with Gasteiger partial charge in [-0.25, -0.2) is 4.67 Å². The largest absolute Gasteiger partial charge is 1.00 e. The van der Waals surface area contributed by atoms with Gasteiger partial charge < -0.3 is 37.8 Å². The topological polar surface area (TPSA) is 29.5 Å². The van der Waals surface area contributed by atoms with Gasteiger partial charge >= 0.3 is 0 Å². The monoisotopic (exact) mass is 516 g/mol. The molecule has 6 heteroatoms. The number of quaternary nitrogens is 1. The molecule has 0 fully saturated rings. The molecule has 0 saturated carbocycles. The normalized spacial score (nSPS) is 13.6. The third-order valence-corrected chi connectivity index (χ3v) is 7.88. The van der Waals surface area contributed by atoms with Gasteiger partial charge in [-0.2, -0.15) is 0 Å². The van der Waals surface area contributed by atoms with Crippen molar-refractivity contribution in [2.24, 2.45) is 0 Å². The average Bonchev–Trinajstić information content (AvgIpc) is 2.62. The van der Waals surface area contributed by atoms with Crippen molar-refractivity contribution in [3.63, 3.8) is 0 Å². The Kier molecular flexibility index (Phi) is 10.2. The van der Waals surface area contributed by atoms with Crippen molar-refractivity contribution >= 4 is 12.6 Å². The van der Waals surface area contributed by atoms with E-state index in [0.29, 0.717) is 6.61 Å². The summed E-state index contributed by atoms with van der Waals surface area (Å²) in [6.07, 6.45) is 0. The first kappa shape index (κ1) is 25.2. The van der Waals surface area contributed by atoms with Crippen LogP contribution in [0, 0.1) is 6.92 Å². The van der Waals surface area contributed by atoms with E-state index in [-0.39, 0.29) is 24.0 Å². The van der Waals surface area contributed by atoms with E-state index in [1.165, 1.54) is 5.56 Å². The van der Waals surface area contributed by atoms with Gasteiger partial charge in [0, 0.05) is 18.5 Å². The summed E-state index contributed by atoms with van der Waals surface area (Å²) in [5.74, 6) is 0.923. The van der Waals surface area contributed by atoms with Gasteiger partial charge in [0.2, 0.25) is 0 Å². The molecule has 4 nitrogen and oxygen atoms in total. The molecule has 0 saturated heterocycles. The summed E-state index contributed by atoms with van der Waals surface area (Å²) >= 11 is 0. The van der Waals surface area contributed by atoms with Crippen LogP contribution in [0.25, 0.3) is 0 Å². The number of hydrogen-bond acceptors (Lipinski definition) is 2. The molecule has 2 aromatic rings. The second-order valence-electron chi connectivity index (χ2n) is 7.81. The Morgan fingerprint density at radius 3 is 2.32 bits per heavy atom. The molecule has 2 rings (SSSR count). The predicted molar refractivity (Wildman–Crippen MR) is 115 cm³/mol. The molecule has 0 amide bonds. The molecule has 0 bridgehead atoms. The van der Waals surface area contributed by atoms with Crippen molar-refractivity contribution in [2.45, 2.75) is 13.8 Å². The van der Waals surface area contributed by atoms with Crippen molar-refractivity contribution in [3.05, 3.63) is 60.2 Å². The number of aryl methyl sites for hydroxylation is 1. The Hall–Kier alpha value is -0.880. The van der Waals surface area contributed by atoms with Crippen molar-refractivity contribution in [1.82, 2.24) is 4.67 Å². The highest BCUT2D eigenvalue weighted by molar-refractivity contribution is 7.68. The highest BCUT2D eigenvalue weighted by atomic mass is 127. The number of halogens is 1. The molecule has 156 valence electrons. The van der Waals surface area contributed by atoms with Gasteiger partial charge in [0.05, 0.1) is 27.2 Å². The third kappa shape index (κ3) is 7.51. The van der Waals surface area contributed by atoms with Crippen LogP contribution in [0.5, 0.6) is 5.75 Å². The Bertz CT molecular complexity index is 768. The minimum Gasteiger partial charge on any atom is -1.00 e. The second-order valence-corrected chi connectivity index (χ2v) is 10.6. The van der Waals surface area contributed by atoms with E-state index in [4.69, 9.17) is 4.74 Å². The standard InChI is InChI=1S/C22H34N2O2P.HI/c1-6-23(27(5,25)22-13-8-7-9-14-22)15-16-24(3,4)17-18-26-21-12-10-11-20(2)19-21;/h7-14,19H,6,15-18H2,1-5H3;1H/q+1;/p-1. The maximum absolute atomic E-state index is 13.4. The van der Waals surface area contributed by atoms with Gasteiger partial charge in [-0.15, -0.1) is 0 Å². The lowest BCUT2D eigenvalue weighted by atomic mass is 10.2. The van der Waals surface area contributed by atoms with E-state index in [1.807, 2.05) is 49.1 Å². The van der Waals surface area contributed by atoms with Crippen LogP contribution in [0.2, 0.25) is 0 Å². The van der Waals surface area contributed by atoms with Crippen LogP contribution in [-0.2, 0) is 4.57 Å². The first-order valence-electron chi connectivity index (χ1n) is 9.64. The minimum atomic E-state index is -2.53. The number of hydrogen-bond donors (Lipinski definition) is 0. The summed E-state index contributed by atoms with van der Waals surface area (Å²) < 4.78 is 22.3. The lowest BCUT2D eigenvalue weighted by molar-refractivity contribution is -0.889. The number of nitrogens with zero attached hydrogens (tertiary/aromatic N) is 2. The predicted octanol–water partition coefficient (Wildman–Crippen LogP) is 1.01. The molecule has 0 aliphatic heterocycles. The molecule has 0 aromatic heterocycles. The summed E-state index contributed by atoms with van der Waals surface area (Å²) in [6.45, 7) is 10.1. The van der Waals surface area contributed by atoms with E-state index in [2.05, 4.69) is 44.7 Å². The van der Waals surface area contributed by atoms with Gasteiger partial charge in [-0.1, -0.05) is 49.4 Å². The van der Waals surface area contributed by atoms with Crippen molar-refractivity contribution in [3.8, 4) is 5.75 Å². The van der Waals surface area contributed by atoms with Gasteiger partial charge in [0.15, 0.2) is 7.29 Å². The zero-order valence-corrected chi connectivity index (χ0v) is 20.8. The summed E-state index contributed by atoms with van der Waals surface area (Å²) in [7, 11) is 1.88. The summed E-state index contributed by atoms with van der Waals surface area (Å²) in [5.41, 5.74) is 1.21. The van der Waals surface area contributed by atoms with Crippen molar-refractivity contribution < 1.29 is 37.8 Å². The molecule has 0 radical (unpaired) electrons. The smallest absolute Gasteiger partial charge is 0.175 e. The molecule has 0 spiro atoms. The van der Waals surface area contributed by atoms with E-state index in [9.17, 15) is 4.57 Å². The number of likely N-dealkylation sites (N-methyl/N-ethyl adjacent to an activating group) is 2. The summed E-state index contributed by atoms with van der Waals surface area (Å²) in [4.78, 5) is 0. The van der Waals surface area contributed by atoms with Gasteiger partial charge in [-0.3, -0.25) is 0 Å². The maximum Gasteiger partial charge on any atom is 0.175 e. The number of ether oxygens (including phenoxy) is 1. The van der Waals surface area contributed by atoms with Crippen LogP contribution in [0.3, 0.4) is 0 Å². The molecular formula is C22H34IN2O2P. The fourth-order valence-corrected chi connectivity index (χ4v) is 5.16. The third-order valence-electron chi connectivity index (χ3n) is 5.06. The fraction of sp³-hybridized carbons (Fsp3) is 0.455. The molecule has 1 atom stereocenters. The SMILES string of the molecule is CCN(CC[N+](C)(C)CCOc1cccc(C)c1)P(C)(=O)c1ccccc1.[I-]. The first-order chi connectivity index (χ1) is 12.7. The molecular weight excluding hydrogens is 482 g/mol. The average molecular weight is 516 g/mol. The molecule has 0 heterocycles. The highest BCUT2D eigenvalue weighted by Crippen LogP contribution is 2.43. The first-order valence-corrected chi connectivity index (χ1v) is 11.8. The van der Waals surface area contributed by atoms with E-state index >= 15 is 0 Å². The lowest BCUT2D eigenvalue weighted by Crippen LogP contribution is -3.00. The van der Waals surface area contributed by atoms with Gasteiger partial charge in [-0.05, 0) is 24.6 Å². The Labute approximate surface area is 187 Å². The van der Waals surface area contributed by atoms with Gasteiger partial charge in [0.25, 0.3) is 0 Å². The fourth-order valence-electron chi connectivity index (χ4n) is 3.10. The molecule has 0 aliphatic carbocycles. The van der Waals surface area contributed by atoms with Crippen LogP contribution in [0.1, 0.15) is 12.5 Å². The second kappa shape index (κ2) is 11.3. The highest BCUT2D eigenvalue weighted by Gasteiger charge is 2.28. The molecule has 0 aliphatic rings. The zero-order valence-electron chi connectivity index (χ0n) is 17.8. The van der Waals surface area contributed by atoms with Crippen molar-refractivity contribution in [1.29, 1.82) is 0 Å². The van der Waals surface area contributed by atoms with E-state index in [1.54, 1.807) is 0 Å². The molecule has 0 N–H and O–H groups in total. The Morgan fingerprint density at radius 2 is 1.71 bits per heavy atom. The molecule has 1 unspecified atom stereocenters. The summed E-state index contributed by atoms with van der Waals surface area (Å²) in [5, 5.41) is 0.930. The van der Waals surface area contributed by atoms with Crippen LogP contribution in [0.4, 0.5) is 0 Å². The quantitative estimate of drug-likeness (QED) is 0.268. The Morgan fingerprint density at radius 1 is 1.04 bits per heavy atom. The lowest BCUT2D eigenvalue weighted by Gasteiger charge is -2.34. The van der Waals surface area contributed by atoms with Crippen molar-refractivity contribution in [2.75, 3.05) is 53.5 Å². The Balaban J connectivity index is 0.00000392. The van der Waals surface area contributed by atoms with Crippen LogP contribution < -0.4 is 34.0 Å². The van der Waals surface area contributed by atoms with Crippen LogP contribution in [-0.4, -0.2) is 62.7 Å². The van der Waals surface area contributed by atoms with Crippen LogP contribution >= 0.6 is 7.29 Å². The minimum absolute atomic E-state index is 0. The number of benzene rings is 2. The van der Waals surface area contributed by atoms with E-state index in [0.717, 1.165) is 41.7 Å². The number of rotatable bonds is 10. The maximum atomic E-state index is 13.4. The zero-order chi connectivity index (χ0) is 19.9.